The van der Waals surface area contributed by atoms with Crippen LogP contribution in [0.4, 0.5) is 5.82 Å². The van der Waals surface area contributed by atoms with Gasteiger partial charge in [0.25, 0.3) is 0 Å². The molecule has 0 bridgehead atoms. The van der Waals surface area contributed by atoms with Crippen molar-refractivity contribution in [3.8, 4) is 0 Å². The van der Waals surface area contributed by atoms with E-state index in [4.69, 9.17) is 4.74 Å². The highest BCUT2D eigenvalue weighted by atomic mass is 79.9. The quantitative estimate of drug-likeness (QED) is 0.874. The Morgan fingerprint density at radius 3 is 3.24 bits per heavy atom. The highest BCUT2D eigenvalue weighted by molar-refractivity contribution is 9.10. The maximum absolute atomic E-state index is 5.43. The molecule has 1 aliphatic rings. The summed E-state index contributed by atoms with van der Waals surface area (Å²) in [5.41, 5.74) is 1.75. The van der Waals surface area contributed by atoms with Crippen molar-refractivity contribution < 1.29 is 4.74 Å². The van der Waals surface area contributed by atoms with Gasteiger partial charge in [-0.25, -0.2) is 4.98 Å². The Hall–Kier alpha value is -1.14. The topological polar surface area (TPSA) is 54.0 Å². The van der Waals surface area contributed by atoms with E-state index in [1.54, 1.807) is 0 Å². The van der Waals surface area contributed by atoms with E-state index >= 15 is 0 Å². The fourth-order valence-electron chi connectivity index (χ4n) is 2.08. The first-order valence-electron chi connectivity index (χ1n) is 5.61. The van der Waals surface area contributed by atoms with Crippen molar-refractivity contribution in [3.63, 3.8) is 0 Å². The molecule has 0 saturated carbocycles. The maximum atomic E-state index is 5.43. The van der Waals surface area contributed by atoms with Gasteiger partial charge in [-0.3, -0.25) is 5.10 Å². The normalized spacial score (nSPS) is 21.1. The third-order valence-corrected chi connectivity index (χ3v) is 3.56. The summed E-state index contributed by atoms with van der Waals surface area (Å²) in [5, 5.41) is 7.02. The molecule has 3 rings (SSSR count). The molecule has 1 fully saturated rings. The van der Waals surface area contributed by atoms with E-state index < -0.39 is 0 Å². The molecule has 6 heteroatoms. The number of halogens is 1. The van der Waals surface area contributed by atoms with Crippen LogP contribution in [0.15, 0.2) is 16.7 Å². The van der Waals surface area contributed by atoms with Gasteiger partial charge in [0.05, 0.1) is 19.3 Å². The number of pyridine rings is 1. The molecular weight excluding hydrogens is 284 g/mol. The summed E-state index contributed by atoms with van der Waals surface area (Å²) in [4.78, 5) is 6.90. The number of anilines is 1. The standard InChI is InChI=1S/C11H13BrN4O/c1-7-6-17-5-4-16(7)9-3-2-8-10(13-9)11(12)15-14-8/h2-3,7H,4-6H2,1H3,(H,14,15)/t7-/m1/s1. The van der Waals surface area contributed by atoms with Crippen LogP contribution in [0.3, 0.4) is 0 Å². The monoisotopic (exact) mass is 296 g/mol. The van der Waals surface area contributed by atoms with Crippen LogP contribution in [-0.2, 0) is 4.74 Å². The van der Waals surface area contributed by atoms with E-state index in [1.807, 2.05) is 12.1 Å². The zero-order valence-electron chi connectivity index (χ0n) is 9.48. The Morgan fingerprint density at radius 2 is 2.41 bits per heavy atom. The number of nitrogens with zero attached hydrogens (tertiary/aromatic N) is 3. The third kappa shape index (κ3) is 1.91. The summed E-state index contributed by atoms with van der Waals surface area (Å²) in [6.45, 7) is 4.55. The molecular formula is C11H13BrN4O. The van der Waals surface area contributed by atoms with E-state index in [0.29, 0.717) is 6.04 Å². The van der Waals surface area contributed by atoms with Gasteiger partial charge in [-0.15, -0.1) is 0 Å². The van der Waals surface area contributed by atoms with Crippen LogP contribution in [0.5, 0.6) is 0 Å². The minimum absolute atomic E-state index is 0.361. The fraction of sp³-hybridized carbons (Fsp3) is 0.455. The average Bonchev–Trinajstić information content (AvgIpc) is 2.71. The molecule has 17 heavy (non-hydrogen) atoms. The van der Waals surface area contributed by atoms with Gasteiger partial charge in [0.15, 0.2) is 0 Å². The van der Waals surface area contributed by atoms with Crippen molar-refractivity contribution in [3.05, 3.63) is 16.7 Å². The first kappa shape index (κ1) is 11.0. The lowest BCUT2D eigenvalue weighted by molar-refractivity contribution is 0.0986. The highest BCUT2D eigenvalue weighted by Crippen LogP contribution is 2.24. The van der Waals surface area contributed by atoms with Crippen molar-refractivity contribution in [2.45, 2.75) is 13.0 Å². The zero-order chi connectivity index (χ0) is 11.8. The van der Waals surface area contributed by atoms with Crippen molar-refractivity contribution in [2.75, 3.05) is 24.7 Å². The number of morpholine rings is 1. The largest absolute Gasteiger partial charge is 0.377 e. The predicted molar refractivity (Wildman–Crippen MR) is 69.2 cm³/mol. The SMILES string of the molecule is C[C@@H]1COCCN1c1ccc2n[nH]c(Br)c2n1. The number of aromatic nitrogens is 3. The molecule has 0 unspecified atom stereocenters. The zero-order valence-corrected chi connectivity index (χ0v) is 11.1. The number of hydrogen-bond donors (Lipinski definition) is 1. The molecule has 90 valence electrons. The maximum Gasteiger partial charge on any atom is 0.129 e. The number of ether oxygens (including phenoxy) is 1. The lowest BCUT2D eigenvalue weighted by Gasteiger charge is -2.34. The van der Waals surface area contributed by atoms with Crippen molar-refractivity contribution in [2.24, 2.45) is 0 Å². The Bertz CT molecular complexity index is 541. The van der Waals surface area contributed by atoms with E-state index in [9.17, 15) is 0 Å². The van der Waals surface area contributed by atoms with Crippen LogP contribution in [0.1, 0.15) is 6.92 Å². The summed E-state index contributed by atoms with van der Waals surface area (Å²) in [5.74, 6) is 0.982. The molecule has 5 nitrogen and oxygen atoms in total. The molecule has 0 aliphatic carbocycles. The van der Waals surface area contributed by atoms with Gasteiger partial charge in [-0.2, -0.15) is 5.10 Å². The van der Waals surface area contributed by atoms with Gasteiger partial charge in [0.2, 0.25) is 0 Å². The highest BCUT2D eigenvalue weighted by Gasteiger charge is 2.20. The summed E-state index contributed by atoms with van der Waals surface area (Å²) in [6.07, 6.45) is 0. The number of aromatic amines is 1. The van der Waals surface area contributed by atoms with Gasteiger partial charge in [-0.05, 0) is 35.0 Å². The fourth-order valence-corrected chi connectivity index (χ4v) is 2.46. The Kier molecular flexibility index (Phi) is 2.76. The van der Waals surface area contributed by atoms with Crippen molar-refractivity contribution >= 4 is 32.8 Å². The summed E-state index contributed by atoms with van der Waals surface area (Å²) in [6, 6.07) is 4.36. The molecule has 2 aromatic heterocycles. The average molecular weight is 297 g/mol. The van der Waals surface area contributed by atoms with E-state index in [1.165, 1.54) is 0 Å². The Morgan fingerprint density at radius 1 is 1.53 bits per heavy atom. The predicted octanol–water partition coefficient (Wildman–Crippen LogP) is 1.95. The molecule has 1 saturated heterocycles. The smallest absolute Gasteiger partial charge is 0.129 e. The lowest BCUT2D eigenvalue weighted by Crippen LogP contribution is -2.44. The molecule has 0 spiro atoms. The minimum Gasteiger partial charge on any atom is -0.377 e. The van der Waals surface area contributed by atoms with Crippen LogP contribution in [-0.4, -0.2) is 41.0 Å². The molecule has 0 radical (unpaired) electrons. The number of nitrogens with one attached hydrogen (secondary N) is 1. The van der Waals surface area contributed by atoms with Crippen LogP contribution in [0.25, 0.3) is 11.0 Å². The van der Waals surface area contributed by atoms with Crippen LogP contribution in [0, 0.1) is 0 Å². The molecule has 1 atom stereocenters. The van der Waals surface area contributed by atoms with Crippen molar-refractivity contribution in [1.29, 1.82) is 0 Å². The molecule has 2 aromatic rings. The van der Waals surface area contributed by atoms with Gasteiger partial charge >= 0.3 is 0 Å². The lowest BCUT2D eigenvalue weighted by atomic mass is 10.2. The summed E-state index contributed by atoms with van der Waals surface area (Å²) < 4.78 is 6.26. The second-order valence-electron chi connectivity index (χ2n) is 4.19. The van der Waals surface area contributed by atoms with E-state index in [0.717, 1.165) is 41.2 Å². The van der Waals surface area contributed by atoms with Gasteiger partial charge in [0.1, 0.15) is 21.5 Å². The van der Waals surface area contributed by atoms with Crippen LogP contribution >= 0.6 is 15.9 Å². The number of fused-ring (bicyclic) bond motifs is 1. The third-order valence-electron chi connectivity index (χ3n) is 3.00. The number of rotatable bonds is 1. The van der Waals surface area contributed by atoms with E-state index in [-0.39, 0.29) is 0 Å². The van der Waals surface area contributed by atoms with Gasteiger partial charge < -0.3 is 9.64 Å². The first-order chi connectivity index (χ1) is 8.25. The van der Waals surface area contributed by atoms with E-state index in [2.05, 4.69) is 42.9 Å². The Labute approximate surface area is 107 Å². The Balaban J connectivity index is 2.01. The first-order valence-corrected chi connectivity index (χ1v) is 6.40. The summed E-state index contributed by atoms with van der Waals surface area (Å²) >= 11 is 3.42. The van der Waals surface area contributed by atoms with Crippen molar-refractivity contribution in [1.82, 2.24) is 15.2 Å². The van der Waals surface area contributed by atoms with Crippen LogP contribution in [0.2, 0.25) is 0 Å². The molecule has 1 N–H and O–H groups in total. The summed E-state index contributed by atoms with van der Waals surface area (Å²) in [7, 11) is 0. The second-order valence-corrected chi connectivity index (χ2v) is 4.99. The number of hydrogen-bond acceptors (Lipinski definition) is 4. The number of H-pyrrole nitrogens is 1. The molecule has 0 aromatic carbocycles. The molecule has 1 aliphatic heterocycles. The molecule has 0 amide bonds. The van der Waals surface area contributed by atoms with Crippen LogP contribution < -0.4 is 4.90 Å². The second kappa shape index (κ2) is 4.27. The van der Waals surface area contributed by atoms with Gasteiger partial charge in [0, 0.05) is 6.54 Å². The van der Waals surface area contributed by atoms with Gasteiger partial charge in [-0.1, -0.05) is 0 Å². The molecule has 3 heterocycles. The minimum atomic E-state index is 0.361.